The molecule has 2 rings (SSSR count). The first-order valence-electron chi connectivity index (χ1n) is 7.59. The van der Waals surface area contributed by atoms with Gasteiger partial charge in [-0.1, -0.05) is 0 Å². The van der Waals surface area contributed by atoms with E-state index in [1.54, 1.807) is 0 Å². The zero-order valence-electron chi connectivity index (χ0n) is 14.8. The van der Waals surface area contributed by atoms with E-state index in [1.807, 2.05) is 4.72 Å². The summed E-state index contributed by atoms with van der Waals surface area (Å²) in [6, 6.07) is 5.31. The third kappa shape index (κ3) is 4.44. The van der Waals surface area contributed by atoms with E-state index in [-0.39, 0.29) is 29.5 Å². The Labute approximate surface area is 155 Å². The Hall–Kier alpha value is -2.92. The summed E-state index contributed by atoms with van der Waals surface area (Å²) in [5.41, 5.74) is 0.289. The molecule has 0 saturated heterocycles. The van der Waals surface area contributed by atoms with Gasteiger partial charge in [0, 0.05) is 12.6 Å². The van der Waals surface area contributed by atoms with Crippen molar-refractivity contribution in [3.8, 4) is 0 Å². The average Bonchev–Trinajstić information content (AvgIpc) is 2.65. The number of rotatable bonds is 5. The number of esters is 2. The second-order valence-corrected chi connectivity index (χ2v) is 7.05. The van der Waals surface area contributed by atoms with Crippen molar-refractivity contribution in [3.63, 3.8) is 0 Å². The molecule has 10 nitrogen and oxygen atoms in total. The molecule has 1 heterocycles. The molecule has 0 spiro atoms. The van der Waals surface area contributed by atoms with Crippen molar-refractivity contribution in [1.82, 2.24) is 4.72 Å². The molecule has 1 aliphatic heterocycles. The van der Waals surface area contributed by atoms with Gasteiger partial charge in [0.15, 0.2) is 0 Å². The van der Waals surface area contributed by atoms with Crippen molar-refractivity contribution in [2.24, 2.45) is 0 Å². The van der Waals surface area contributed by atoms with Crippen LogP contribution in [-0.4, -0.2) is 53.8 Å². The number of carbonyl (C=O) groups excluding carboxylic acids is 3. The Balaban J connectivity index is 2.45. The number of carbonyl (C=O) groups is 3. The number of sulfonamides is 1. The molecule has 0 aliphatic carbocycles. The van der Waals surface area contributed by atoms with Crippen molar-refractivity contribution in [3.05, 3.63) is 35.5 Å². The quantitative estimate of drug-likeness (QED) is 0.676. The third-order valence-corrected chi connectivity index (χ3v) is 5.02. The van der Waals surface area contributed by atoms with Crippen LogP contribution in [0, 0.1) is 0 Å². The summed E-state index contributed by atoms with van der Waals surface area (Å²) in [5.74, 6) is -2.24. The molecule has 0 atom stereocenters. The van der Waals surface area contributed by atoms with E-state index in [0.29, 0.717) is 5.69 Å². The number of hydrogen-bond acceptors (Lipinski definition) is 9. The van der Waals surface area contributed by atoms with Crippen molar-refractivity contribution < 1.29 is 37.0 Å². The maximum absolute atomic E-state index is 12.2. The standard InChI is InChI=1S/C16H18N2O8S/c1-10(19)17-27(22,23)12-6-4-11(5-7-12)18-9-26-8-13(15(20)24-2)14(18)16(21)25-3/h4-7H,8-9H2,1-3H3,(H,17,19). The molecule has 0 fully saturated rings. The lowest BCUT2D eigenvalue weighted by Crippen LogP contribution is -2.38. The van der Waals surface area contributed by atoms with Crippen LogP contribution >= 0.6 is 0 Å². The van der Waals surface area contributed by atoms with Gasteiger partial charge in [-0.15, -0.1) is 0 Å². The molecule has 11 heteroatoms. The smallest absolute Gasteiger partial charge is 0.355 e. The van der Waals surface area contributed by atoms with E-state index in [9.17, 15) is 22.8 Å². The van der Waals surface area contributed by atoms with Gasteiger partial charge >= 0.3 is 11.9 Å². The lowest BCUT2D eigenvalue weighted by Gasteiger charge is -2.31. The molecule has 1 amide bonds. The monoisotopic (exact) mass is 398 g/mol. The lowest BCUT2D eigenvalue weighted by molar-refractivity contribution is -0.140. The molecule has 146 valence electrons. The highest BCUT2D eigenvalue weighted by atomic mass is 32.2. The fraction of sp³-hybridized carbons (Fsp3) is 0.312. The molecule has 0 bridgehead atoms. The molecule has 0 aromatic heterocycles. The van der Waals surface area contributed by atoms with Gasteiger partial charge in [-0.25, -0.2) is 22.7 Å². The van der Waals surface area contributed by atoms with Crippen LogP contribution in [-0.2, 0) is 38.6 Å². The molecule has 1 N–H and O–H groups in total. The predicted molar refractivity (Wildman–Crippen MR) is 91.8 cm³/mol. The number of nitrogens with zero attached hydrogens (tertiary/aromatic N) is 1. The summed E-state index contributed by atoms with van der Waals surface area (Å²) in [5, 5.41) is 0. The minimum absolute atomic E-state index is 0.0226. The Kier molecular flexibility index (Phi) is 6.18. The lowest BCUT2D eigenvalue weighted by atomic mass is 10.1. The van der Waals surface area contributed by atoms with E-state index in [4.69, 9.17) is 9.47 Å². The summed E-state index contributed by atoms with van der Waals surface area (Å²) >= 11 is 0. The van der Waals surface area contributed by atoms with E-state index in [2.05, 4.69) is 4.74 Å². The summed E-state index contributed by atoms with van der Waals surface area (Å²) in [7, 11) is -1.66. The van der Waals surface area contributed by atoms with Crippen LogP contribution in [0.5, 0.6) is 0 Å². The first kappa shape index (κ1) is 20.4. The SMILES string of the molecule is COC(=O)C1=C(C(=O)OC)N(c2ccc(S(=O)(=O)NC(C)=O)cc2)COC1. The maximum Gasteiger partial charge on any atom is 0.355 e. The van der Waals surface area contributed by atoms with Crippen molar-refractivity contribution in [1.29, 1.82) is 0 Å². The van der Waals surface area contributed by atoms with Crippen LogP contribution in [0.25, 0.3) is 0 Å². The van der Waals surface area contributed by atoms with Crippen molar-refractivity contribution in [2.45, 2.75) is 11.8 Å². The molecular formula is C16H18N2O8S. The van der Waals surface area contributed by atoms with Gasteiger partial charge < -0.3 is 19.1 Å². The molecule has 1 aromatic carbocycles. The van der Waals surface area contributed by atoms with Gasteiger partial charge in [0.2, 0.25) is 5.91 Å². The van der Waals surface area contributed by atoms with Gasteiger partial charge in [0.25, 0.3) is 10.0 Å². The normalized spacial score (nSPS) is 14.6. The van der Waals surface area contributed by atoms with E-state index in [0.717, 1.165) is 6.92 Å². The summed E-state index contributed by atoms with van der Waals surface area (Å²) in [6.07, 6.45) is 0. The average molecular weight is 398 g/mol. The molecule has 1 aromatic rings. The minimum Gasteiger partial charge on any atom is -0.466 e. The summed E-state index contributed by atoms with van der Waals surface area (Å²) in [6.45, 7) is 0.879. The number of ether oxygens (including phenoxy) is 3. The molecule has 0 unspecified atom stereocenters. The van der Waals surface area contributed by atoms with Crippen LogP contribution in [0.1, 0.15) is 6.92 Å². The number of methoxy groups -OCH3 is 2. The number of amides is 1. The van der Waals surface area contributed by atoms with Gasteiger partial charge in [0.05, 0.1) is 31.3 Å². The summed E-state index contributed by atoms with van der Waals surface area (Å²) in [4.78, 5) is 36.4. The first-order chi connectivity index (χ1) is 12.7. The van der Waals surface area contributed by atoms with Crippen LogP contribution in [0.4, 0.5) is 5.69 Å². The number of hydrogen-bond donors (Lipinski definition) is 1. The number of benzene rings is 1. The second-order valence-electron chi connectivity index (χ2n) is 5.37. The van der Waals surface area contributed by atoms with E-state index < -0.39 is 27.9 Å². The zero-order valence-corrected chi connectivity index (χ0v) is 15.7. The van der Waals surface area contributed by atoms with Gasteiger partial charge in [0.1, 0.15) is 12.4 Å². The molecule has 1 aliphatic rings. The van der Waals surface area contributed by atoms with Gasteiger partial charge in [-0.05, 0) is 24.3 Å². The molecular weight excluding hydrogens is 380 g/mol. The highest BCUT2D eigenvalue weighted by molar-refractivity contribution is 7.90. The van der Waals surface area contributed by atoms with Crippen LogP contribution in [0.2, 0.25) is 0 Å². The van der Waals surface area contributed by atoms with Crippen LogP contribution < -0.4 is 9.62 Å². The fourth-order valence-electron chi connectivity index (χ4n) is 2.40. The van der Waals surface area contributed by atoms with Crippen molar-refractivity contribution in [2.75, 3.05) is 32.5 Å². The summed E-state index contributed by atoms with van der Waals surface area (Å²) < 4.78 is 40.6. The Morgan fingerprint density at radius 2 is 1.67 bits per heavy atom. The Bertz CT molecular complexity index is 890. The number of anilines is 1. The largest absolute Gasteiger partial charge is 0.466 e. The Morgan fingerprint density at radius 3 is 2.19 bits per heavy atom. The zero-order chi connectivity index (χ0) is 20.2. The molecule has 27 heavy (non-hydrogen) atoms. The minimum atomic E-state index is -4.00. The third-order valence-electron chi connectivity index (χ3n) is 3.57. The Morgan fingerprint density at radius 1 is 1.07 bits per heavy atom. The van der Waals surface area contributed by atoms with Gasteiger partial charge in [-0.2, -0.15) is 0 Å². The molecule has 0 radical (unpaired) electrons. The van der Waals surface area contributed by atoms with Crippen LogP contribution in [0.15, 0.2) is 40.4 Å². The van der Waals surface area contributed by atoms with Crippen molar-refractivity contribution >= 4 is 33.6 Å². The topological polar surface area (TPSA) is 128 Å². The highest BCUT2D eigenvalue weighted by Crippen LogP contribution is 2.27. The predicted octanol–water partition coefficient (Wildman–Crippen LogP) is -0.0944. The molecule has 0 saturated carbocycles. The maximum atomic E-state index is 12.2. The van der Waals surface area contributed by atoms with E-state index in [1.165, 1.54) is 43.4 Å². The van der Waals surface area contributed by atoms with E-state index >= 15 is 0 Å². The highest BCUT2D eigenvalue weighted by Gasteiger charge is 2.32. The second kappa shape index (κ2) is 8.18. The van der Waals surface area contributed by atoms with Gasteiger partial charge in [-0.3, -0.25) is 4.79 Å². The number of nitrogens with one attached hydrogen (secondary N) is 1. The first-order valence-corrected chi connectivity index (χ1v) is 9.08. The van der Waals surface area contributed by atoms with Crippen LogP contribution in [0.3, 0.4) is 0 Å². The fourth-order valence-corrected chi connectivity index (χ4v) is 3.39.